The van der Waals surface area contributed by atoms with E-state index in [-0.39, 0.29) is 43.0 Å². The summed E-state index contributed by atoms with van der Waals surface area (Å²) >= 11 is 0. The number of benzene rings is 2. The zero-order valence-corrected chi connectivity index (χ0v) is 19.7. The van der Waals surface area contributed by atoms with Crippen molar-refractivity contribution in [2.24, 2.45) is 5.92 Å². The van der Waals surface area contributed by atoms with Crippen LogP contribution in [0.15, 0.2) is 54.6 Å². The molecular weight excluding hydrogens is 448 g/mol. The number of rotatable bonds is 6. The Morgan fingerprint density at radius 1 is 1.03 bits per heavy atom. The second kappa shape index (κ2) is 9.70. The summed E-state index contributed by atoms with van der Waals surface area (Å²) in [6.45, 7) is 0.219. The maximum atomic E-state index is 13.3. The maximum Gasteiger partial charge on any atom is 0.410 e. The fourth-order valence-electron chi connectivity index (χ4n) is 6.02. The number of aliphatic hydroxyl groups is 1. The lowest BCUT2D eigenvalue weighted by molar-refractivity contribution is -0.143. The third kappa shape index (κ3) is 4.38. The maximum absolute atomic E-state index is 13.3. The van der Waals surface area contributed by atoms with E-state index in [9.17, 15) is 19.5 Å². The molecule has 0 spiro atoms. The predicted molar refractivity (Wildman–Crippen MR) is 126 cm³/mol. The number of aliphatic hydroxyl groups excluding tert-OH is 1. The molecule has 2 aromatic carbocycles. The highest BCUT2D eigenvalue weighted by Crippen LogP contribution is 2.45. The quantitative estimate of drug-likeness (QED) is 0.637. The van der Waals surface area contributed by atoms with Crippen LogP contribution in [0, 0.1) is 5.92 Å². The summed E-state index contributed by atoms with van der Waals surface area (Å²) in [5.74, 6) is -0.764. The lowest BCUT2D eigenvalue weighted by atomic mass is 9.82. The van der Waals surface area contributed by atoms with Crippen LogP contribution >= 0.6 is 0 Å². The van der Waals surface area contributed by atoms with Gasteiger partial charge in [-0.15, -0.1) is 0 Å². The van der Waals surface area contributed by atoms with Crippen LogP contribution in [-0.2, 0) is 20.9 Å². The Bertz CT molecular complexity index is 1090. The Labute approximate surface area is 204 Å². The summed E-state index contributed by atoms with van der Waals surface area (Å²) in [5.41, 5.74) is 1.94. The van der Waals surface area contributed by atoms with E-state index in [1.54, 1.807) is 24.3 Å². The minimum absolute atomic E-state index is 0.00412. The van der Waals surface area contributed by atoms with E-state index in [2.05, 4.69) is 0 Å². The molecule has 0 aliphatic carbocycles. The van der Waals surface area contributed by atoms with Crippen LogP contribution in [0.25, 0.3) is 0 Å². The first-order chi connectivity index (χ1) is 17.0. The smallest absolute Gasteiger partial charge is 0.410 e. The van der Waals surface area contributed by atoms with Crippen LogP contribution in [0.5, 0.6) is 0 Å². The molecule has 8 heteroatoms. The number of esters is 1. The van der Waals surface area contributed by atoms with Gasteiger partial charge in [-0.05, 0) is 43.2 Å². The molecule has 3 aliphatic rings. The summed E-state index contributed by atoms with van der Waals surface area (Å²) in [5, 5.41) is 11.0. The number of fused-ring (bicyclic) bond motifs is 3. The fourth-order valence-corrected chi connectivity index (χ4v) is 6.02. The number of nitrogens with zero attached hydrogens (tertiary/aromatic N) is 2. The molecule has 8 nitrogen and oxygen atoms in total. The van der Waals surface area contributed by atoms with Crippen molar-refractivity contribution in [2.75, 3.05) is 7.11 Å². The molecule has 3 aliphatic heterocycles. The van der Waals surface area contributed by atoms with Crippen LogP contribution in [-0.4, -0.2) is 58.1 Å². The van der Waals surface area contributed by atoms with Gasteiger partial charge in [0.05, 0.1) is 13.5 Å². The van der Waals surface area contributed by atoms with Gasteiger partial charge in [0.1, 0.15) is 6.61 Å². The summed E-state index contributed by atoms with van der Waals surface area (Å²) in [6, 6.07) is 16.0. The van der Waals surface area contributed by atoms with Gasteiger partial charge < -0.3 is 24.4 Å². The van der Waals surface area contributed by atoms with E-state index in [0.29, 0.717) is 24.0 Å². The molecule has 0 aromatic heterocycles. The second-order valence-electron chi connectivity index (χ2n) is 9.58. The normalized spacial score (nSPS) is 25.8. The predicted octanol–water partition coefficient (Wildman–Crippen LogP) is 3.64. The number of hydrogen-bond acceptors (Lipinski definition) is 6. The minimum Gasteiger partial charge on any atom is -0.469 e. The first kappa shape index (κ1) is 23.4. The molecule has 4 atom stereocenters. The van der Waals surface area contributed by atoms with Crippen molar-refractivity contribution >= 4 is 18.0 Å². The van der Waals surface area contributed by atoms with Crippen molar-refractivity contribution in [1.29, 1.82) is 0 Å². The molecule has 5 rings (SSSR count). The van der Waals surface area contributed by atoms with Crippen molar-refractivity contribution < 1.29 is 29.0 Å². The lowest BCUT2D eigenvalue weighted by Crippen LogP contribution is -2.53. The first-order valence-electron chi connectivity index (χ1n) is 12.1. The van der Waals surface area contributed by atoms with Crippen LogP contribution in [0.3, 0.4) is 0 Å². The summed E-state index contributed by atoms with van der Waals surface area (Å²) in [7, 11) is 1.32. The zero-order valence-electron chi connectivity index (χ0n) is 19.7. The van der Waals surface area contributed by atoms with Gasteiger partial charge in [-0.3, -0.25) is 9.59 Å². The van der Waals surface area contributed by atoms with Gasteiger partial charge in [-0.2, -0.15) is 0 Å². The summed E-state index contributed by atoms with van der Waals surface area (Å²) in [4.78, 5) is 41.9. The van der Waals surface area contributed by atoms with E-state index in [1.165, 1.54) is 12.0 Å². The molecule has 2 amide bonds. The number of amides is 2. The van der Waals surface area contributed by atoms with Crippen LogP contribution in [0.4, 0.5) is 4.79 Å². The summed E-state index contributed by atoms with van der Waals surface area (Å²) < 4.78 is 10.5. The molecule has 2 bridgehead atoms. The van der Waals surface area contributed by atoms with Crippen LogP contribution in [0.1, 0.15) is 59.8 Å². The fraction of sp³-hybridized carbons (Fsp3) is 0.444. The Morgan fingerprint density at radius 3 is 2.34 bits per heavy atom. The highest BCUT2D eigenvalue weighted by molar-refractivity contribution is 5.99. The highest BCUT2D eigenvalue weighted by Gasteiger charge is 2.50. The van der Waals surface area contributed by atoms with E-state index in [4.69, 9.17) is 9.47 Å². The molecule has 2 saturated heterocycles. The molecule has 35 heavy (non-hydrogen) atoms. The second-order valence-corrected chi connectivity index (χ2v) is 9.58. The molecule has 3 unspecified atom stereocenters. The largest absolute Gasteiger partial charge is 0.469 e. The molecule has 0 radical (unpaired) electrons. The van der Waals surface area contributed by atoms with Gasteiger partial charge in [-0.1, -0.05) is 48.5 Å². The van der Waals surface area contributed by atoms with Gasteiger partial charge in [0.25, 0.3) is 5.91 Å². The number of hydrogen-bond donors (Lipinski definition) is 1. The number of carbonyl (C=O) groups is 3. The van der Waals surface area contributed by atoms with Gasteiger partial charge in [0.2, 0.25) is 0 Å². The molecule has 3 heterocycles. The number of methoxy groups -OCH3 is 1. The molecular formula is C27H30N2O6. The Balaban J connectivity index is 1.32. The van der Waals surface area contributed by atoms with E-state index in [0.717, 1.165) is 18.4 Å². The molecule has 184 valence electrons. The van der Waals surface area contributed by atoms with Crippen LogP contribution in [0.2, 0.25) is 0 Å². The number of ether oxygens (including phenoxy) is 2. The van der Waals surface area contributed by atoms with E-state index < -0.39 is 18.2 Å². The SMILES string of the molecule is COC(=O)C[C@H](C1CC2CCC(C1)N2C(=O)OCc1ccccc1)N1C(=O)c2ccccc2C1O. The number of piperidine rings is 1. The third-order valence-electron chi connectivity index (χ3n) is 7.66. The minimum atomic E-state index is -1.11. The topological polar surface area (TPSA) is 96.4 Å². The van der Waals surface area contributed by atoms with Gasteiger partial charge >= 0.3 is 12.1 Å². The monoisotopic (exact) mass is 478 g/mol. The van der Waals surface area contributed by atoms with Crippen molar-refractivity contribution in [2.45, 2.75) is 63.1 Å². The van der Waals surface area contributed by atoms with Crippen LogP contribution < -0.4 is 0 Å². The Hall–Kier alpha value is -3.39. The Kier molecular flexibility index (Phi) is 6.47. The van der Waals surface area contributed by atoms with Crippen molar-refractivity contribution in [3.05, 3.63) is 71.3 Å². The average molecular weight is 479 g/mol. The standard InChI is InChI=1S/C27H30N2O6/c1-34-24(30)15-23(29-25(31)21-9-5-6-10-22(21)26(29)32)18-13-19-11-12-20(14-18)28(19)27(33)35-16-17-7-3-2-4-8-17/h2-10,18-20,23,25,31H,11-16H2,1H3/t18?,19?,20?,23-,25?/m1/s1. The zero-order chi connectivity index (χ0) is 24.5. The van der Waals surface area contributed by atoms with Gasteiger partial charge in [0.15, 0.2) is 6.23 Å². The Morgan fingerprint density at radius 2 is 1.69 bits per heavy atom. The highest BCUT2D eigenvalue weighted by atomic mass is 16.6. The van der Waals surface area contributed by atoms with E-state index >= 15 is 0 Å². The van der Waals surface area contributed by atoms with Crippen molar-refractivity contribution in [3.63, 3.8) is 0 Å². The number of carbonyl (C=O) groups excluding carboxylic acids is 3. The molecule has 1 N–H and O–H groups in total. The third-order valence-corrected chi connectivity index (χ3v) is 7.66. The average Bonchev–Trinajstić information content (AvgIpc) is 3.30. The van der Waals surface area contributed by atoms with E-state index in [1.807, 2.05) is 35.2 Å². The van der Waals surface area contributed by atoms with Crippen molar-refractivity contribution in [1.82, 2.24) is 9.80 Å². The molecule has 2 fully saturated rings. The van der Waals surface area contributed by atoms with Crippen molar-refractivity contribution in [3.8, 4) is 0 Å². The van der Waals surface area contributed by atoms with Gasteiger partial charge in [0, 0.05) is 29.3 Å². The molecule has 2 aromatic rings. The molecule has 0 saturated carbocycles. The first-order valence-corrected chi connectivity index (χ1v) is 12.1. The summed E-state index contributed by atoms with van der Waals surface area (Å²) in [6.07, 6.45) is 1.52. The lowest BCUT2D eigenvalue weighted by Gasteiger charge is -2.44. The van der Waals surface area contributed by atoms with Gasteiger partial charge in [-0.25, -0.2) is 4.79 Å².